The lowest BCUT2D eigenvalue weighted by atomic mass is 9.85. The fourth-order valence-electron chi connectivity index (χ4n) is 4.53. The quantitative estimate of drug-likeness (QED) is 0.279. The predicted molar refractivity (Wildman–Crippen MR) is 135 cm³/mol. The predicted octanol–water partition coefficient (Wildman–Crippen LogP) is 5.43. The minimum atomic E-state index is -0.0995. The first-order valence-electron chi connectivity index (χ1n) is 11.1. The smallest absolute Gasteiger partial charge is 0.263 e. The van der Waals surface area contributed by atoms with Gasteiger partial charge in [-0.2, -0.15) is 0 Å². The summed E-state index contributed by atoms with van der Waals surface area (Å²) in [5, 5.41) is 5.29. The van der Waals surface area contributed by atoms with Gasteiger partial charge in [0, 0.05) is 22.7 Å². The third-order valence-electron chi connectivity index (χ3n) is 6.12. The maximum absolute atomic E-state index is 13.8. The van der Waals surface area contributed by atoms with Crippen LogP contribution in [-0.2, 0) is 11.3 Å². The van der Waals surface area contributed by atoms with Gasteiger partial charge < -0.3 is 5.32 Å². The fourth-order valence-corrected chi connectivity index (χ4v) is 7.12. The highest BCUT2D eigenvalue weighted by atomic mass is 35.5. The molecule has 8 heteroatoms. The Balaban J connectivity index is 1.43. The second-order valence-electron chi connectivity index (χ2n) is 8.33. The molecule has 1 N–H and O–H groups in total. The molecule has 33 heavy (non-hydrogen) atoms. The van der Waals surface area contributed by atoms with Crippen LogP contribution in [0.1, 0.15) is 42.7 Å². The number of nitrogens with zero attached hydrogens (tertiary/aromatic N) is 2. The van der Waals surface area contributed by atoms with Crippen molar-refractivity contribution in [3.05, 3.63) is 81.1 Å². The SMILES string of the molecule is O=C(CSc1nc2c(c(=O)n1-c1cccc(Cl)c1)[C@H]1CCCC[C@@H]1S2)NCc1ccccc1. The molecule has 1 saturated carbocycles. The molecule has 5 rings (SSSR count). The highest BCUT2D eigenvalue weighted by molar-refractivity contribution is 8.00. The molecule has 1 aliphatic carbocycles. The van der Waals surface area contributed by atoms with Crippen molar-refractivity contribution in [1.29, 1.82) is 0 Å². The number of carbonyl (C=O) groups is 1. The molecule has 1 amide bonds. The highest BCUT2D eigenvalue weighted by Crippen LogP contribution is 2.50. The molecule has 0 unspecified atom stereocenters. The molecule has 170 valence electrons. The van der Waals surface area contributed by atoms with Crippen LogP contribution in [0.25, 0.3) is 5.69 Å². The van der Waals surface area contributed by atoms with Crippen molar-refractivity contribution < 1.29 is 4.79 Å². The Labute approximate surface area is 206 Å². The Morgan fingerprint density at radius 2 is 1.97 bits per heavy atom. The summed E-state index contributed by atoms with van der Waals surface area (Å²) < 4.78 is 1.64. The van der Waals surface area contributed by atoms with E-state index in [-0.39, 0.29) is 23.1 Å². The van der Waals surface area contributed by atoms with Gasteiger partial charge in [-0.25, -0.2) is 4.98 Å². The standard InChI is InChI=1S/C25H24ClN3O2S2/c26-17-9-6-10-18(13-17)29-24(31)22-19-11-4-5-12-20(19)33-23(22)28-25(29)32-15-21(30)27-14-16-7-2-1-3-8-16/h1-3,6-10,13,19-20H,4-5,11-12,14-15H2,(H,27,30)/t19-,20-/m0/s1. The minimum absolute atomic E-state index is 0.0311. The summed E-state index contributed by atoms with van der Waals surface area (Å²) in [6.07, 6.45) is 4.50. The van der Waals surface area contributed by atoms with Crippen LogP contribution in [0.4, 0.5) is 0 Å². The number of fused-ring (bicyclic) bond motifs is 3. The van der Waals surface area contributed by atoms with E-state index in [1.54, 1.807) is 28.5 Å². The molecule has 2 aliphatic rings. The van der Waals surface area contributed by atoms with Gasteiger partial charge in [0.15, 0.2) is 5.16 Å². The fraction of sp³-hybridized carbons (Fsp3) is 0.320. The Bertz CT molecular complexity index is 1230. The van der Waals surface area contributed by atoms with E-state index in [4.69, 9.17) is 16.6 Å². The van der Waals surface area contributed by atoms with Crippen molar-refractivity contribution in [2.75, 3.05) is 5.75 Å². The second-order valence-corrected chi connectivity index (χ2v) is 10.9. The van der Waals surface area contributed by atoms with Gasteiger partial charge in [-0.1, -0.05) is 72.6 Å². The minimum Gasteiger partial charge on any atom is -0.351 e. The Hall–Kier alpha value is -2.22. The van der Waals surface area contributed by atoms with Gasteiger partial charge in [-0.15, -0.1) is 11.8 Å². The zero-order valence-electron chi connectivity index (χ0n) is 18.0. The molecular formula is C25H24ClN3O2S2. The topological polar surface area (TPSA) is 64.0 Å². The molecule has 0 spiro atoms. The van der Waals surface area contributed by atoms with Crippen LogP contribution < -0.4 is 10.9 Å². The number of benzene rings is 2. The summed E-state index contributed by atoms with van der Waals surface area (Å²) >= 11 is 9.26. The zero-order chi connectivity index (χ0) is 22.8. The first-order chi connectivity index (χ1) is 16.1. The maximum Gasteiger partial charge on any atom is 0.263 e. The van der Waals surface area contributed by atoms with E-state index in [2.05, 4.69) is 5.32 Å². The van der Waals surface area contributed by atoms with E-state index in [1.807, 2.05) is 42.5 Å². The van der Waals surface area contributed by atoms with Crippen molar-refractivity contribution in [1.82, 2.24) is 14.9 Å². The Morgan fingerprint density at radius 3 is 2.79 bits per heavy atom. The second kappa shape index (κ2) is 9.95. The molecule has 2 heterocycles. The molecular weight excluding hydrogens is 474 g/mol. The lowest BCUT2D eigenvalue weighted by Crippen LogP contribution is -2.29. The molecule has 5 nitrogen and oxygen atoms in total. The molecule has 3 aromatic rings. The summed E-state index contributed by atoms with van der Waals surface area (Å²) in [6, 6.07) is 17.0. The summed E-state index contributed by atoms with van der Waals surface area (Å²) in [4.78, 5) is 31.2. The van der Waals surface area contributed by atoms with Crippen LogP contribution in [0, 0.1) is 0 Å². The summed E-state index contributed by atoms with van der Waals surface area (Å²) in [5.74, 6) is 0.339. The largest absolute Gasteiger partial charge is 0.351 e. The van der Waals surface area contributed by atoms with E-state index >= 15 is 0 Å². The van der Waals surface area contributed by atoms with E-state index in [0.29, 0.717) is 27.7 Å². The normalized spacial score (nSPS) is 19.1. The summed E-state index contributed by atoms with van der Waals surface area (Å²) in [5.41, 5.74) is 2.53. The van der Waals surface area contributed by atoms with E-state index < -0.39 is 0 Å². The van der Waals surface area contributed by atoms with E-state index in [1.165, 1.54) is 18.2 Å². The molecule has 2 aromatic carbocycles. The van der Waals surface area contributed by atoms with Crippen LogP contribution in [-0.4, -0.2) is 26.5 Å². The van der Waals surface area contributed by atoms with Crippen LogP contribution in [0.3, 0.4) is 0 Å². The van der Waals surface area contributed by atoms with Crippen molar-refractivity contribution in [2.24, 2.45) is 0 Å². The Morgan fingerprint density at radius 1 is 1.15 bits per heavy atom. The number of carbonyl (C=O) groups excluding carboxylic acids is 1. The number of aromatic nitrogens is 2. The van der Waals surface area contributed by atoms with Crippen LogP contribution >= 0.6 is 35.1 Å². The maximum atomic E-state index is 13.8. The average Bonchev–Trinajstić information content (AvgIpc) is 3.21. The van der Waals surface area contributed by atoms with Crippen LogP contribution in [0.5, 0.6) is 0 Å². The summed E-state index contributed by atoms with van der Waals surface area (Å²) in [7, 11) is 0. The van der Waals surface area contributed by atoms with Gasteiger partial charge in [0.1, 0.15) is 5.03 Å². The van der Waals surface area contributed by atoms with Gasteiger partial charge in [-0.3, -0.25) is 14.2 Å². The molecule has 0 radical (unpaired) electrons. The van der Waals surface area contributed by atoms with Crippen molar-refractivity contribution in [2.45, 2.75) is 53.6 Å². The van der Waals surface area contributed by atoms with Gasteiger partial charge >= 0.3 is 0 Å². The van der Waals surface area contributed by atoms with Crippen LogP contribution in [0.2, 0.25) is 5.02 Å². The van der Waals surface area contributed by atoms with Crippen molar-refractivity contribution in [3.63, 3.8) is 0 Å². The van der Waals surface area contributed by atoms with Gasteiger partial charge in [0.2, 0.25) is 5.91 Å². The summed E-state index contributed by atoms with van der Waals surface area (Å²) in [6.45, 7) is 0.470. The molecule has 1 fully saturated rings. The van der Waals surface area contributed by atoms with Gasteiger partial charge in [-0.05, 0) is 36.6 Å². The highest BCUT2D eigenvalue weighted by Gasteiger charge is 2.39. The molecule has 0 bridgehead atoms. The molecule has 0 saturated heterocycles. The van der Waals surface area contributed by atoms with E-state index in [9.17, 15) is 9.59 Å². The van der Waals surface area contributed by atoms with Crippen molar-refractivity contribution in [3.8, 4) is 5.69 Å². The average molecular weight is 498 g/mol. The number of hydrogen-bond acceptors (Lipinski definition) is 5. The number of rotatable bonds is 6. The number of nitrogens with one attached hydrogen (secondary N) is 1. The van der Waals surface area contributed by atoms with Gasteiger partial charge in [0.25, 0.3) is 5.56 Å². The van der Waals surface area contributed by atoms with Crippen LogP contribution in [0.15, 0.2) is 69.6 Å². The lowest BCUT2D eigenvalue weighted by molar-refractivity contribution is -0.118. The number of halogens is 1. The Kier molecular flexibility index (Phi) is 6.81. The first-order valence-corrected chi connectivity index (χ1v) is 13.4. The first kappa shape index (κ1) is 22.6. The molecule has 1 aliphatic heterocycles. The number of thioether (sulfide) groups is 2. The zero-order valence-corrected chi connectivity index (χ0v) is 20.4. The van der Waals surface area contributed by atoms with Crippen molar-refractivity contribution >= 4 is 41.0 Å². The monoisotopic (exact) mass is 497 g/mol. The third kappa shape index (κ3) is 4.86. The molecule has 2 atom stereocenters. The third-order valence-corrected chi connectivity index (χ3v) is 8.70. The lowest BCUT2D eigenvalue weighted by Gasteiger charge is -2.24. The number of hydrogen-bond donors (Lipinski definition) is 1. The molecule has 1 aromatic heterocycles. The van der Waals surface area contributed by atoms with E-state index in [0.717, 1.165) is 35.4 Å². The number of amides is 1. The van der Waals surface area contributed by atoms with Gasteiger partial charge in [0.05, 0.1) is 17.0 Å².